The smallest absolute Gasteiger partial charge is 0.330 e. The van der Waals surface area contributed by atoms with Gasteiger partial charge in [0.25, 0.3) is 0 Å². The van der Waals surface area contributed by atoms with Crippen LogP contribution < -0.4 is 10.2 Å². The van der Waals surface area contributed by atoms with Crippen LogP contribution in [0.15, 0.2) is 78.9 Å². The van der Waals surface area contributed by atoms with Crippen LogP contribution in [0.1, 0.15) is 24.8 Å². The van der Waals surface area contributed by atoms with Crippen molar-refractivity contribution < 1.29 is 14.3 Å². The number of rotatable bonds is 9. The number of allylic oxidation sites excluding steroid dienone is 3. The van der Waals surface area contributed by atoms with Crippen molar-refractivity contribution in [2.75, 3.05) is 30.9 Å². The molecule has 0 saturated carbocycles. The standard InChI is InChI=1S/C24H28N2O3/c1-4-29-23(27)14-10-6-9-13-22(19-15-17-21(18-16-19)26(2)3)24(28)25-20-11-7-5-8-12-20/h5-12,14-18,22H,4,13H2,1-3H3,(H,25,28)/t22-/m1/s1. The van der Waals surface area contributed by atoms with E-state index in [-0.39, 0.29) is 17.8 Å². The fraction of sp³-hybridized carbons (Fsp3) is 0.250. The first-order valence-corrected chi connectivity index (χ1v) is 9.64. The lowest BCUT2D eigenvalue weighted by atomic mass is 9.94. The second-order valence-corrected chi connectivity index (χ2v) is 6.67. The minimum atomic E-state index is -0.380. The maximum atomic E-state index is 12.9. The van der Waals surface area contributed by atoms with Gasteiger partial charge in [-0.3, -0.25) is 4.79 Å². The van der Waals surface area contributed by atoms with Gasteiger partial charge in [-0.05, 0) is 43.2 Å². The number of para-hydroxylation sites is 1. The molecule has 0 aliphatic rings. The molecule has 2 rings (SSSR count). The Hall–Kier alpha value is -3.34. The molecule has 29 heavy (non-hydrogen) atoms. The molecule has 0 radical (unpaired) electrons. The van der Waals surface area contributed by atoms with Gasteiger partial charge in [0.05, 0.1) is 12.5 Å². The lowest BCUT2D eigenvalue weighted by Crippen LogP contribution is -2.21. The van der Waals surface area contributed by atoms with Gasteiger partial charge < -0.3 is 15.0 Å². The van der Waals surface area contributed by atoms with Gasteiger partial charge in [-0.1, -0.05) is 48.6 Å². The molecule has 5 nitrogen and oxygen atoms in total. The summed E-state index contributed by atoms with van der Waals surface area (Å²) in [6.07, 6.45) is 7.14. The van der Waals surface area contributed by atoms with Gasteiger partial charge >= 0.3 is 5.97 Å². The highest BCUT2D eigenvalue weighted by Crippen LogP contribution is 2.25. The van der Waals surface area contributed by atoms with E-state index < -0.39 is 0 Å². The van der Waals surface area contributed by atoms with E-state index in [1.165, 1.54) is 6.08 Å². The third kappa shape index (κ3) is 7.30. The summed E-state index contributed by atoms with van der Waals surface area (Å²) in [6, 6.07) is 17.4. The van der Waals surface area contributed by atoms with E-state index in [0.29, 0.717) is 13.0 Å². The predicted molar refractivity (Wildman–Crippen MR) is 118 cm³/mol. The number of hydrogen-bond donors (Lipinski definition) is 1. The van der Waals surface area contributed by atoms with E-state index in [1.54, 1.807) is 19.1 Å². The number of hydrogen-bond acceptors (Lipinski definition) is 4. The summed E-state index contributed by atoms with van der Waals surface area (Å²) in [4.78, 5) is 26.3. The van der Waals surface area contributed by atoms with Gasteiger partial charge in [0.15, 0.2) is 0 Å². The molecule has 0 aliphatic heterocycles. The first-order chi connectivity index (χ1) is 14.0. The number of carbonyl (C=O) groups excluding carboxylic acids is 2. The number of carbonyl (C=O) groups is 2. The topological polar surface area (TPSA) is 58.6 Å². The second kappa shape index (κ2) is 11.5. The number of nitrogens with one attached hydrogen (secondary N) is 1. The predicted octanol–water partition coefficient (Wildman–Crippen LogP) is 4.54. The summed E-state index contributed by atoms with van der Waals surface area (Å²) >= 11 is 0. The SMILES string of the molecule is CCOC(=O)C=CC=CC[C@@H](C(=O)Nc1ccccc1)c1ccc(N(C)C)cc1. The Balaban J connectivity index is 2.14. The van der Waals surface area contributed by atoms with Gasteiger partial charge in [-0.25, -0.2) is 4.79 Å². The lowest BCUT2D eigenvalue weighted by Gasteiger charge is -2.18. The van der Waals surface area contributed by atoms with E-state index in [1.807, 2.05) is 79.7 Å². The van der Waals surface area contributed by atoms with Gasteiger partial charge in [0, 0.05) is 31.5 Å². The largest absolute Gasteiger partial charge is 0.463 e. The number of nitrogens with zero attached hydrogens (tertiary/aromatic N) is 1. The average molecular weight is 392 g/mol. The number of amides is 1. The lowest BCUT2D eigenvalue weighted by molar-refractivity contribution is -0.137. The van der Waals surface area contributed by atoms with E-state index in [0.717, 1.165) is 16.9 Å². The zero-order chi connectivity index (χ0) is 21.1. The van der Waals surface area contributed by atoms with E-state index in [2.05, 4.69) is 5.32 Å². The molecule has 1 N–H and O–H groups in total. The Labute approximate surface area is 172 Å². The third-order valence-electron chi connectivity index (χ3n) is 4.31. The van der Waals surface area contributed by atoms with Gasteiger partial charge in [-0.2, -0.15) is 0 Å². The minimum Gasteiger partial charge on any atom is -0.463 e. The first-order valence-electron chi connectivity index (χ1n) is 9.64. The highest BCUT2D eigenvalue weighted by Gasteiger charge is 2.19. The molecule has 0 spiro atoms. The van der Waals surface area contributed by atoms with Crippen LogP contribution in [0, 0.1) is 0 Å². The average Bonchev–Trinajstić information content (AvgIpc) is 2.71. The molecule has 0 aliphatic carbocycles. The van der Waals surface area contributed by atoms with Crippen molar-refractivity contribution in [1.29, 1.82) is 0 Å². The van der Waals surface area contributed by atoms with Crippen LogP contribution >= 0.6 is 0 Å². The van der Waals surface area contributed by atoms with Crippen LogP contribution in [0.3, 0.4) is 0 Å². The zero-order valence-corrected chi connectivity index (χ0v) is 17.2. The molecule has 2 aromatic rings. The molecule has 5 heteroatoms. The van der Waals surface area contributed by atoms with Crippen LogP contribution in [0.5, 0.6) is 0 Å². The van der Waals surface area contributed by atoms with Crippen molar-refractivity contribution >= 4 is 23.3 Å². The normalized spacial score (nSPS) is 12.1. The highest BCUT2D eigenvalue weighted by molar-refractivity contribution is 5.96. The van der Waals surface area contributed by atoms with E-state index in [4.69, 9.17) is 4.74 Å². The Morgan fingerprint density at radius 2 is 1.72 bits per heavy atom. The van der Waals surface area contributed by atoms with Crippen LogP contribution in [-0.4, -0.2) is 32.6 Å². The van der Waals surface area contributed by atoms with Crippen molar-refractivity contribution in [3.05, 3.63) is 84.5 Å². The van der Waals surface area contributed by atoms with Crippen molar-refractivity contribution in [3.63, 3.8) is 0 Å². The minimum absolute atomic E-state index is 0.0761. The monoisotopic (exact) mass is 392 g/mol. The van der Waals surface area contributed by atoms with Crippen molar-refractivity contribution in [3.8, 4) is 0 Å². The number of benzene rings is 2. The van der Waals surface area contributed by atoms with Crippen molar-refractivity contribution in [1.82, 2.24) is 0 Å². The molecule has 1 atom stereocenters. The molecule has 2 aromatic carbocycles. The number of esters is 1. The van der Waals surface area contributed by atoms with E-state index >= 15 is 0 Å². The molecular formula is C24H28N2O3. The third-order valence-corrected chi connectivity index (χ3v) is 4.31. The second-order valence-electron chi connectivity index (χ2n) is 6.67. The quantitative estimate of drug-likeness (QED) is 0.387. The van der Waals surface area contributed by atoms with Crippen molar-refractivity contribution in [2.24, 2.45) is 0 Å². The maximum absolute atomic E-state index is 12.9. The summed E-state index contributed by atoms with van der Waals surface area (Å²) in [5.41, 5.74) is 2.77. The summed E-state index contributed by atoms with van der Waals surface area (Å²) in [7, 11) is 3.96. The van der Waals surface area contributed by atoms with Gasteiger partial charge in [-0.15, -0.1) is 0 Å². The highest BCUT2D eigenvalue weighted by atomic mass is 16.5. The summed E-state index contributed by atoms with van der Waals surface area (Å²) in [5, 5.41) is 2.98. The van der Waals surface area contributed by atoms with E-state index in [9.17, 15) is 9.59 Å². The van der Waals surface area contributed by atoms with Crippen molar-refractivity contribution in [2.45, 2.75) is 19.3 Å². The fourth-order valence-corrected chi connectivity index (χ4v) is 2.77. The summed E-state index contributed by atoms with van der Waals surface area (Å²) < 4.78 is 4.85. The zero-order valence-electron chi connectivity index (χ0n) is 17.2. The first kappa shape index (κ1) is 22.0. The summed E-state index contributed by atoms with van der Waals surface area (Å²) in [6.45, 7) is 2.11. The molecule has 0 heterocycles. The van der Waals surface area contributed by atoms with Crippen LogP contribution in [-0.2, 0) is 14.3 Å². The van der Waals surface area contributed by atoms with Crippen LogP contribution in [0.4, 0.5) is 11.4 Å². The number of anilines is 2. The molecule has 0 bridgehead atoms. The molecular weight excluding hydrogens is 364 g/mol. The maximum Gasteiger partial charge on any atom is 0.330 e. The molecule has 152 valence electrons. The molecule has 0 saturated heterocycles. The Bertz CT molecular complexity index is 840. The molecule has 0 fully saturated rings. The molecule has 0 unspecified atom stereocenters. The Kier molecular flexibility index (Phi) is 8.70. The van der Waals surface area contributed by atoms with Gasteiger partial charge in [0.1, 0.15) is 0 Å². The summed E-state index contributed by atoms with van der Waals surface area (Å²) in [5.74, 6) is -0.804. The number of ether oxygens (including phenoxy) is 1. The van der Waals surface area contributed by atoms with Gasteiger partial charge in [0.2, 0.25) is 5.91 Å². The Morgan fingerprint density at radius 1 is 1.03 bits per heavy atom. The van der Waals surface area contributed by atoms with Crippen LogP contribution in [0.2, 0.25) is 0 Å². The fourth-order valence-electron chi connectivity index (χ4n) is 2.77. The molecule has 0 aromatic heterocycles. The Morgan fingerprint density at radius 3 is 2.34 bits per heavy atom. The van der Waals surface area contributed by atoms with Crippen LogP contribution in [0.25, 0.3) is 0 Å². The molecule has 1 amide bonds.